The summed E-state index contributed by atoms with van der Waals surface area (Å²) in [5, 5.41) is 2.85. The smallest absolute Gasteiger partial charge is 0.262 e. The maximum Gasteiger partial charge on any atom is 0.262 e. The van der Waals surface area contributed by atoms with Crippen molar-refractivity contribution in [3.63, 3.8) is 0 Å². The Bertz CT molecular complexity index is 682. The molecule has 3 nitrogen and oxygen atoms in total. The fourth-order valence-corrected chi connectivity index (χ4v) is 5.36. The van der Waals surface area contributed by atoms with Gasteiger partial charge in [0.25, 0.3) is 5.91 Å². The van der Waals surface area contributed by atoms with Crippen LogP contribution in [-0.2, 0) is 4.79 Å². The van der Waals surface area contributed by atoms with E-state index in [9.17, 15) is 4.79 Å². The molecule has 5 heteroatoms. The Hall–Kier alpha value is -1.59. The summed E-state index contributed by atoms with van der Waals surface area (Å²) in [7, 11) is 0. The minimum absolute atomic E-state index is 0.0141. The van der Waals surface area contributed by atoms with E-state index < -0.39 is 0 Å². The highest BCUT2D eigenvalue weighted by Gasteiger charge is 2.16. The summed E-state index contributed by atoms with van der Waals surface area (Å²) < 4.78 is 6.11. The summed E-state index contributed by atoms with van der Waals surface area (Å²) in [6, 6.07) is 15.8. The van der Waals surface area contributed by atoms with Crippen LogP contribution in [0.5, 0.6) is 5.75 Å². The molecule has 1 amide bonds. The van der Waals surface area contributed by atoms with Gasteiger partial charge >= 0.3 is 0 Å². The number of ether oxygens (including phenoxy) is 1. The van der Waals surface area contributed by atoms with Gasteiger partial charge in [-0.3, -0.25) is 4.79 Å². The lowest BCUT2D eigenvalue weighted by Crippen LogP contribution is -2.20. The van der Waals surface area contributed by atoms with Crippen molar-refractivity contribution in [2.75, 3.05) is 23.4 Å². The molecule has 126 valence electrons. The molecule has 0 bridgehead atoms. The third-order valence-electron chi connectivity index (χ3n) is 3.65. The van der Waals surface area contributed by atoms with E-state index in [-0.39, 0.29) is 12.5 Å². The highest BCUT2D eigenvalue weighted by Crippen LogP contribution is 2.43. The van der Waals surface area contributed by atoms with Crippen LogP contribution in [0.15, 0.2) is 48.5 Å². The molecule has 1 aliphatic rings. The van der Waals surface area contributed by atoms with E-state index in [1.54, 1.807) is 0 Å². The predicted octanol–water partition coefficient (Wildman–Crippen LogP) is 4.88. The normalized spacial score (nSPS) is 15.0. The molecule has 0 aliphatic carbocycles. The zero-order valence-electron chi connectivity index (χ0n) is 13.7. The van der Waals surface area contributed by atoms with Crippen molar-refractivity contribution in [3.8, 4) is 5.75 Å². The molecule has 0 saturated carbocycles. The van der Waals surface area contributed by atoms with Gasteiger partial charge in [0.2, 0.25) is 0 Å². The van der Waals surface area contributed by atoms with E-state index in [0.29, 0.717) is 4.58 Å². The van der Waals surface area contributed by atoms with Crippen molar-refractivity contribution in [1.29, 1.82) is 0 Å². The average Bonchev–Trinajstić information content (AvgIpc) is 2.61. The Balaban J connectivity index is 1.50. The second kappa shape index (κ2) is 8.49. The van der Waals surface area contributed by atoms with Crippen molar-refractivity contribution < 1.29 is 9.53 Å². The largest absolute Gasteiger partial charge is 0.484 e. The SMILES string of the molecule is Cc1cccc(NC(=O)COc2ccc(C3SCCCS3)cc2)c1. The summed E-state index contributed by atoms with van der Waals surface area (Å²) in [6.45, 7) is 2.01. The topological polar surface area (TPSA) is 38.3 Å². The molecule has 2 aromatic carbocycles. The Morgan fingerprint density at radius 2 is 1.92 bits per heavy atom. The first-order chi connectivity index (χ1) is 11.7. The van der Waals surface area contributed by atoms with Crippen LogP contribution < -0.4 is 10.1 Å². The molecule has 1 aliphatic heterocycles. The van der Waals surface area contributed by atoms with Crippen LogP contribution in [0, 0.1) is 6.92 Å². The number of aryl methyl sites for hydroxylation is 1. The van der Waals surface area contributed by atoms with Crippen LogP contribution in [0.25, 0.3) is 0 Å². The Kier molecular flexibility index (Phi) is 6.10. The number of thioether (sulfide) groups is 2. The molecule has 1 saturated heterocycles. The molecule has 1 N–H and O–H groups in total. The van der Waals surface area contributed by atoms with Crippen LogP contribution in [0.4, 0.5) is 5.69 Å². The zero-order chi connectivity index (χ0) is 16.8. The van der Waals surface area contributed by atoms with Crippen LogP contribution in [0.2, 0.25) is 0 Å². The van der Waals surface area contributed by atoms with E-state index in [1.807, 2.05) is 66.8 Å². The van der Waals surface area contributed by atoms with Crippen LogP contribution in [-0.4, -0.2) is 24.0 Å². The lowest BCUT2D eigenvalue weighted by Gasteiger charge is -2.21. The van der Waals surface area contributed by atoms with Crippen molar-refractivity contribution >= 4 is 35.1 Å². The maximum absolute atomic E-state index is 12.0. The van der Waals surface area contributed by atoms with Gasteiger partial charge in [-0.05, 0) is 60.2 Å². The number of benzene rings is 2. The van der Waals surface area contributed by atoms with E-state index in [2.05, 4.69) is 17.4 Å². The molecular formula is C19H21NO2S2. The van der Waals surface area contributed by atoms with Crippen LogP contribution in [0.1, 0.15) is 22.1 Å². The number of nitrogens with one attached hydrogen (secondary N) is 1. The van der Waals surface area contributed by atoms with Gasteiger partial charge in [0, 0.05) is 5.69 Å². The number of carbonyl (C=O) groups is 1. The van der Waals surface area contributed by atoms with E-state index in [0.717, 1.165) is 17.0 Å². The molecule has 1 heterocycles. The number of hydrogen-bond acceptors (Lipinski definition) is 4. The van der Waals surface area contributed by atoms with Crippen molar-refractivity contribution in [2.24, 2.45) is 0 Å². The van der Waals surface area contributed by atoms with Gasteiger partial charge in [-0.15, -0.1) is 23.5 Å². The number of rotatable bonds is 5. The monoisotopic (exact) mass is 359 g/mol. The number of carbonyl (C=O) groups excluding carboxylic acids is 1. The van der Waals surface area contributed by atoms with Gasteiger partial charge in [0.15, 0.2) is 6.61 Å². The molecule has 1 fully saturated rings. The minimum Gasteiger partial charge on any atom is -0.484 e. The number of anilines is 1. The second-order valence-corrected chi connectivity index (χ2v) is 8.43. The van der Waals surface area contributed by atoms with Gasteiger partial charge in [-0.25, -0.2) is 0 Å². The van der Waals surface area contributed by atoms with Crippen molar-refractivity contribution in [2.45, 2.75) is 17.9 Å². The quantitative estimate of drug-likeness (QED) is 0.825. The summed E-state index contributed by atoms with van der Waals surface area (Å²) in [4.78, 5) is 12.0. The van der Waals surface area contributed by atoms with E-state index in [4.69, 9.17) is 4.74 Å². The summed E-state index contributed by atoms with van der Waals surface area (Å²) in [5.74, 6) is 3.04. The molecule has 0 radical (unpaired) electrons. The molecular weight excluding hydrogens is 338 g/mol. The summed E-state index contributed by atoms with van der Waals surface area (Å²) in [5.41, 5.74) is 3.23. The molecule has 24 heavy (non-hydrogen) atoms. The van der Waals surface area contributed by atoms with E-state index >= 15 is 0 Å². The highest BCUT2D eigenvalue weighted by atomic mass is 32.2. The molecule has 3 rings (SSSR count). The van der Waals surface area contributed by atoms with Crippen molar-refractivity contribution in [1.82, 2.24) is 0 Å². The highest BCUT2D eigenvalue weighted by molar-refractivity contribution is 8.16. The van der Waals surface area contributed by atoms with Gasteiger partial charge in [0.05, 0.1) is 4.58 Å². The Morgan fingerprint density at radius 3 is 2.62 bits per heavy atom. The van der Waals surface area contributed by atoms with Gasteiger partial charge in [-0.1, -0.05) is 24.3 Å². The first-order valence-corrected chi connectivity index (χ1v) is 10.1. The molecule has 0 spiro atoms. The summed E-state index contributed by atoms with van der Waals surface area (Å²) >= 11 is 4.00. The molecule has 2 aromatic rings. The van der Waals surface area contributed by atoms with Gasteiger partial charge in [-0.2, -0.15) is 0 Å². The standard InChI is InChI=1S/C19H21NO2S2/c1-14-4-2-5-16(12-14)20-18(21)13-22-17-8-6-15(7-9-17)19-23-10-3-11-24-19/h2,4-9,12,19H,3,10-11,13H2,1H3,(H,20,21). The Morgan fingerprint density at radius 1 is 1.17 bits per heavy atom. The van der Waals surface area contributed by atoms with Crippen LogP contribution >= 0.6 is 23.5 Å². The average molecular weight is 360 g/mol. The van der Waals surface area contributed by atoms with Gasteiger partial charge in [0.1, 0.15) is 5.75 Å². The third kappa shape index (κ3) is 4.95. The number of amides is 1. The lowest BCUT2D eigenvalue weighted by atomic mass is 10.2. The summed E-state index contributed by atoms with van der Waals surface area (Å²) in [6.07, 6.45) is 1.29. The molecule has 0 aromatic heterocycles. The van der Waals surface area contributed by atoms with Gasteiger partial charge < -0.3 is 10.1 Å². The molecule has 0 atom stereocenters. The fraction of sp³-hybridized carbons (Fsp3) is 0.316. The molecule has 0 unspecified atom stereocenters. The zero-order valence-corrected chi connectivity index (χ0v) is 15.3. The second-order valence-electron chi connectivity index (χ2n) is 5.70. The predicted molar refractivity (Wildman–Crippen MR) is 104 cm³/mol. The van der Waals surface area contributed by atoms with E-state index in [1.165, 1.54) is 23.5 Å². The Labute approximate surface area is 151 Å². The third-order valence-corrected chi connectivity index (χ3v) is 6.67. The fourth-order valence-electron chi connectivity index (χ4n) is 2.47. The maximum atomic E-state index is 12.0. The lowest BCUT2D eigenvalue weighted by molar-refractivity contribution is -0.118. The van der Waals surface area contributed by atoms with Crippen LogP contribution in [0.3, 0.4) is 0 Å². The first-order valence-electron chi connectivity index (χ1n) is 8.03. The first kappa shape index (κ1) is 17.2. The minimum atomic E-state index is -0.150. The number of hydrogen-bond donors (Lipinski definition) is 1. The van der Waals surface area contributed by atoms with Crippen molar-refractivity contribution in [3.05, 3.63) is 59.7 Å².